The molecule has 3 aromatic rings. The van der Waals surface area contributed by atoms with Crippen molar-refractivity contribution in [1.29, 1.82) is 0 Å². The zero-order chi connectivity index (χ0) is 24.2. The lowest BCUT2D eigenvalue weighted by Gasteiger charge is -2.28. The first-order valence-electron chi connectivity index (χ1n) is 10.6. The molecule has 4 heterocycles. The van der Waals surface area contributed by atoms with Crippen LogP contribution in [0.4, 0.5) is 10.6 Å². The quantitative estimate of drug-likeness (QED) is 0.572. The van der Waals surface area contributed by atoms with Gasteiger partial charge in [0.1, 0.15) is 12.1 Å². The van der Waals surface area contributed by atoms with Crippen molar-refractivity contribution in [2.45, 2.75) is 13.0 Å². The Morgan fingerprint density at radius 1 is 1.14 bits per heavy atom. The molecule has 35 heavy (non-hydrogen) atoms. The van der Waals surface area contributed by atoms with Gasteiger partial charge in [-0.15, -0.1) is 0 Å². The number of amides is 2. The summed E-state index contributed by atoms with van der Waals surface area (Å²) in [5.41, 5.74) is 1.38. The van der Waals surface area contributed by atoms with Crippen molar-refractivity contribution < 1.29 is 23.8 Å². The lowest BCUT2D eigenvalue weighted by molar-refractivity contribution is -0.120. The van der Waals surface area contributed by atoms with Gasteiger partial charge in [-0.3, -0.25) is 14.3 Å². The number of carbonyl (C=O) groups excluding carboxylic acids is 2. The van der Waals surface area contributed by atoms with Gasteiger partial charge in [0.05, 0.1) is 19.2 Å². The molecule has 1 aromatic carbocycles. The fourth-order valence-electron chi connectivity index (χ4n) is 3.53. The average Bonchev–Trinajstić information content (AvgIpc) is 3.59. The molecule has 0 saturated carbocycles. The Labute approximate surface area is 200 Å². The second-order valence-electron chi connectivity index (χ2n) is 7.49. The molecule has 0 aliphatic carbocycles. The monoisotopic (exact) mass is 475 g/mol. The first kappa shape index (κ1) is 21.9. The van der Waals surface area contributed by atoms with Crippen LogP contribution in [0.3, 0.4) is 0 Å². The van der Waals surface area contributed by atoms with Crippen LogP contribution in [0.5, 0.6) is 11.5 Å². The summed E-state index contributed by atoms with van der Waals surface area (Å²) < 4.78 is 17.2. The number of nitrogens with zero attached hydrogens (tertiary/aromatic N) is 6. The maximum absolute atomic E-state index is 12.9. The maximum Gasteiger partial charge on any atom is 0.417 e. The fraction of sp³-hybridized carbons (Fsp3) is 0.174. The van der Waals surface area contributed by atoms with Crippen LogP contribution in [0, 0.1) is 0 Å². The van der Waals surface area contributed by atoms with Crippen molar-refractivity contribution >= 4 is 17.8 Å². The highest BCUT2D eigenvalue weighted by molar-refractivity contribution is 5.81. The van der Waals surface area contributed by atoms with Crippen molar-refractivity contribution in [1.82, 2.24) is 29.7 Å². The molecule has 178 valence electrons. The van der Waals surface area contributed by atoms with Gasteiger partial charge in [0.25, 0.3) is 0 Å². The molecule has 2 aliphatic heterocycles. The van der Waals surface area contributed by atoms with Crippen LogP contribution in [-0.4, -0.2) is 50.3 Å². The van der Waals surface area contributed by atoms with Crippen LogP contribution in [-0.2, 0) is 16.1 Å². The molecule has 0 spiro atoms. The Hall–Kier alpha value is -4.87. The van der Waals surface area contributed by atoms with Crippen molar-refractivity contribution in [2.75, 3.05) is 18.8 Å². The van der Waals surface area contributed by atoms with E-state index in [9.17, 15) is 9.59 Å². The predicted octanol–water partition coefficient (Wildman–Crippen LogP) is 2.30. The van der Waals surface area contributed by atoms with Gasteiger partial charge in [-0.05, 0) is 23.8 Å². The number of methoxy groups -OCH3 is 1. The van der Waals surface area contributed by atoms with E-state index in [-0.39, 0.29) is 19.1 Å². The number of aromatic nitrogens is 4. The number of anilines is 1. The number of ether oxygens (including phenoxy) is 3. The van der Waals surface area contributed by atoms with Crippen LogP contribution in [0.1, 0.15) is 12.0 Å². The smallest absolute Gasteiger partial charge is 0.417 e. The summed E-state index contributed by atoms with van der Waals surface area (Å²) >= 11 is 0. The minimum atomic E-state index is -0.582. The third-order valence-corrected chi connectivity index (χ3v) is 5.24. The van der Waals surface area contributed by atoms with Gasteiger partial charge in [0.2, 0.25) is 18.6 Å². The van der Waals surface area contributed by atoms with E-state index in [0.29, 0.717) is 35.5 Å². The molecule has 0 fully saturated rings. The van der Waals surface area contributed by atoms with Gasteiger partial charge in [-0.1, -0.05) is 6.07 Å². The summed E-state index contributed by atoms with van der Waals surface area (Å²) in [5, 5.41) is 2.89. The Morgan fingerprint density at radius 2 is 2.03 bits per heavy atom. The molecule has 12 heteroatoms. The van der Waals surface area contributed by atoms with E-state index in [4.69, 9.17) is 14.2 Å². The SMILES string of the molecule is COC(=O)N1C=CN(c2ccnc(-n3ccnc3)n2)C(CC(=O)NCc2ccc3c(c2)OCO3)=C1. The molecule has 0 bridgehead atoms. The Morgan fingerprint density at radius 3 is 2.86 bits per heavy atom. The van der Waals surface area contributed by atoms with Crippen molar-refractivity contribution in [2.24, 2.45) is 0 Å². The third kappa shape index (κ3) is 4.76. The summed E-state index contributed by atoms with van der Waals surface area (Å²) in [7, 11) is 1.29. The Kier molecular flexibility index (Phi) is 5.99. The second kappa shape index (κ2) is 9.55. The van der Waals surface area contributed by atoms with E-state index in [0.717, 1.165) is 5.56 Å². The predicted molar refractivity (Wildman–Crippen MR) is 122 cm³/mol. The highest BCUT2D eigenvalue weighted by atomic mass is 16.7. The first-order chi connectivity index (χ1) is 17.1. The van der Waals surface area contributed by atoms with Crippen molar-refractivity contribution in [3.8, 4) is 17.4 Å². The molecule has 0 saturated heterocycles. The van der Waals surface area contributed by atoms with Gasteiger partial charge in [0.15, 0.2) is 11.5 Å². The highest BCUT2D eigenvalue weighted by Gasteiger charge is 2.23. The molecule has 1 N–H and O–H groups in total. The van der Waals surface area contributed by atoms with E-state index < -0.39 is 6.09 Å². The van der Waals surface area contributed by atoms with Crippen molar-refractivity contribution in [3.05, 3.63) is 79.0 Å². The zero-order valence-corrected chi connectivity index (χ0v) is 18.7. The highest BCUT2D eigenvalue weighted by Crippen LogP contribution is 2.32. The summed E-state index contributed by atoms with van der Waals surface area (Å²) in [6.07, 6.45) is 10.6. The average molecular weight is 475 g/mol. The van der Waals surface area contributed by atoms with Gasteiger partial charge in [0, 0.05) is 43.7 Å². The van der Waals surface area contributed by atoms with Crippen molar-refractivity contribution in [3.63, 3.8) is 0 Å². The van der Waals surface area contributed by atoms with Crippen LogP contribution >= 0.6 is 0 Å². The molecule has 0 atom stereocenters. The summed E-state index contributed by atoms with van der Waals surface area (Å²) in [6.45, 7) is 0.489. The van der Waals surface area contributed by atoms with E-state index in [2.05, 4.69) is 20.3 Å². The summed E-state index contributed by atoms with van der Waals surface area (Å²) in [6, 6.07) is 7.20. The van der Waals surface area contributed by atoms with Crippen LogP contribution in [0.15, 0.2) is 73.5 Å². The molecule has 0 radical (unpaired) electrons. The van der Waals surface area contributed by atoms with Gasteiger partial charge in [-0.25, -0.2) is 14.8 Å². The molecule has 12 nitrogen and oxygen atoms in total. The number of hydrogen-bond donors (Lipinski definition) is 1. The zero-order valence-electron chi connectivity index (χ0n) is 18.7. The minimum absolute atomic E-state index is 0.0210. The lowest BCUT2D eigenvalue weighted by atomic mass is 10.2. The van der Waals surface area contributed by atoms with Gasteiger partial charge >= 0.3 is 6.09 Å². The number of fused-ring (bicyclic) bond motifs is 1. The molecule has 5 rings (SSSR count). The van der Waals surface area contributed by atoms with Gasteiger partial charge in [-0.2, -0.15) is 4.98 Å². The number of benzene rings is 1. The van der Waals surface area contributed by atoms with E-state index >= 15 is 0 Å². The Bertz CT molecular complexity index is 1310. The second-order valence-corrected chi connectivity index (χ2v) is 7.49. The molecular weight excluding hydrogens is 454 g/mol. The van der Waals surface area contributed by atoms with Crippen LogP contribution < -0.4 is 19.7 Å². The molecule has 2 amide bonds. The van der Waals surface area contributed by atoms with E-state index in [1.165, 1.54) is 24.4 Å². The first-order valence-corrected chi connectivity index (χ1v) is 10.6. The summed E-state index contributed by atoms with van der Waals surface area (Å²) in [4.78, 5) is 40.8. The normalized spacial score (nSPS) is 14.0. The van der Waals surface area contributed by atoms with Crippen LogP contribution in [0.2, 0.25) is 0 Å². The number of rotatable bonds is 6. The summed E-state index contributed by atoms with van der Waals surface area (Å²) in [5.74, 6) is 2.00. The number of carbonyl (C=O) groups is 2. The van der Waals surface area contributed by atoms with E-state index in [1.807, 2.05) is 12.1 Å². The van der Waals surface area contributed by atoms with Gasteiger partial charge < -0.3 is 24.4 Å². The number of hydrogen-bond acceptors (Lipinski definition) is 9. The fourth-order valence-corrected chi connectivity index (χ4v) is 3.53. The molecule has 0 unspecified atom stereocenters. The largest absolute Gasteiger partial charge is 0.454 e. The molecule has 2 aliphatic rings. The van der Waals surface area contributed by atoms with E-state index in [1.54, 1.807) is 52.7 Å². The van der Waals surface area contributed by atoms with Crippen LogP contribution in [0.25, 0.3) is 5.95 Å². The lowest BCUT2D eigenvalue weighted by Crippen LogP contribution is -2.32. The number of imidazole rings is 1. The Balaban J connectivity index is 1.33. The topological polar surface area (TPSA) is 124 Å². The minimum Gasteiger partial charge on any atom is -0.454 e. The standard InChI is InChI=1S/C23H21N7O5/c1-33-23(32)28-8-9-30(20-4-5-25-22(27-20)29-7-6-24-14-29)17(13-28)11-21(31)26-12-16-2-3-18-19(10-16)35-15-34-18/h2-10,13-14H,11-12,15H2,1H3,(H,26,31). The molecule has 2 aromatic heterocycles. The third-order valence-electron chi connectivity index (χ3n) is 5.24. The molecular formula is C23H21N7O5. The maximum atomic E-state index is 12.9. The number of nitrogens with one attached hydrogen (secondary N) is 1.